The molecule has 2 rings (SSSR count). The lowest BCUT2D eigenvalue weighted by molar-refractivity contribution is 0.0210. The molecule has 1 amide bonds. The Hall–Kier alpha value is -0.830. The first-order valence-corrected chi connectivity index (χ1v) is 8.99. The number of carbonyl (C=O) groups is 2. The highest BCUT2D eigenvalue weighted by Crippen LogP contribution is 2.36. The quantitative estimate of drug-likeness (QED) is 0.716. The minimum atomic E-state index is -0.874. The zero-order valence-electron chi connectivity index (χ0n) is 13.1. The lowest BCUT2D eigenvalue weighted by Crippen LogP contribution is -2.43. The van der Waals surface area contributed by atoms with Gasteiger partial charge in [-0.05, 0) is 61.8 Å². The third-order valence-electron chi connectivity index (χ3n) is 3.60. The van der Waals surface area contributed by atoms with Gasteiger partial charge < -0.3 is 14.7 Å². The molecular formula is C15H20INO4S. The summed E-state index contributed by atoms with van der Waals surface area (Å²) in [5.74, 6) is -0.874. The van der Waals surface area contributed by atoms with Crippen molar-refractivity contribution in [2.75, 3.05) is 7.05 Å². The molecule has 0 bridgehead atoms. The highest BCUT2D eigenvalue weighted by molar-refractivity contribution is 14.1. The van der Waals surface area contributed by atoms with Crippen LogP contribution in [0, 0.1) is 3.57 Å². The number of amides is 1. The number of hydrogen-bond donors (Lipinski definition) is 1. The van der Waals surface area contributed by atoms with Crippen molar-refractivity contribution in [2.24, 2.45) is 0 Å². The van der Waals surface area contributed by atoms with Crippen LogP contribution in [0.15, 0.2) is 0 Å². The van der Waals surface area contributed by atoms with Crippen molar-refractivity contribution in [3.63, 3.8) is 0 Å². The number of carboxylic acid groups (broad SMARTS) is 1. The van der Waals surface area contributed by atoms with Crippen LogP contribution in [0.25, 0.3) is 0 Å². The summed E-state index contributed by atoms with van der Waals surface area (Å²) in [6.45, 7) is 5.54. The van der Waals surface area contributed by atoms with Gasteiger partial charge in [-0.1, -0.05) is 0 Å². The molecule has 1 aliphatic rings. The molecule has 0 aromatic carbocycles. The van der Waals surface area contributed by atoms with E-state index in [1.807, 2.05) is 20.8 Å². The standard InChI is InChI=1S/C15H20INO4S/c1-15(2,3)21-14(20)17(4)8-5-6-9-10(7-8)22-12(11(9)16)13(18)19/h8H,5-7H2,1-4H3,(H,18,19). The Labute approximate surface area is 147 Å². The Morgan fingerprint density at radius 2 is 2.05 bits per heavy atom. The van der Waals surface area contributed by atoms with Crippen LogP contribution in [0.2, 0.25) is 0 Å². The van der Waals surface area contributed by atoms with Crippen molar-refractivity contribution in [3.8, 4) is 0 Å². The van der Waals surface area contributed by atoms with Gasteiger partial charge in [0.25, 0.3) is 0 Å². The van der Waals surface area contributed by atoms with E-state index in [4.69, 9.17) is 4.74 Å². The Kier molecular flexibility index (Phi) is 5.06. The molecule has 1 atom stereocenters. The van der Waals surface area contributed by atoms with Crippen molar-refractivity contribution in [3.05, 3.63) is 18.9 Å². The van der Waals surface area contributed by atoms with E-state index in [-0.39, 0.29) is 12.1 Å². The predicted octanol–water partition coefficient (Wildman–Crippen LogP) is 3.78. The number of carboxylic acids is 1. The van der Waals surface area contributed by atoms with Crippen molar-refractivity contribution in [2.45, 2.75) is 51.7 Å². The first kappa shape index (κ1) is 17.5. The summed E-state index contributed by atoms with van der Waals surface area (Å²) in [5, 5.41) is 9.23. The van der Waals surface area contributed by atoms with E-state index >= 15 is 0 Å². The van der Waals surface area contributed by atoms with Gasteiger partial charge >= 0.3 is 12.1 Å². The lowest BCUT2D eigenvalue weighted by Gasteiger charge is -2.33. The second-order valence-corrected chi connectivity index (χ2v) is 8.62. The molecule has 0 saturated heterocycles. The number of ether oxygens (including phenoxy) is 1. The van der Waals surface area contributed by atoms with E-state index in [9.17, 15) is 14.7 Å². The molecule has 1 N–H and O–H groups in total. The van der Waals surface area contributed by atoms with Gasteiger partial charge in [-0.15, -0.1) is 11.3 Å². The zero-order valence-corrected chi connectivity index (χ0v) is 16.1. The fourth-order valence-corrected chi connectivity index (χ4v) is 4.97. The Bertz CT molecular complexity index is 605. The smallest absolute Gasteiger partial charge is 0.410 e. The van der Waals surface area contributed by atoms with Crippen LogP contribution >= 0.6 is 33.9 Å². The van der Waals surface area contributed by atoms with E-state index in [1.54, 1.807) is 11.9 Å². The number of nitrogens with zero attached hydrogens (tertiary/aromatic N) is 1. The molecule has 1 aromatic rings. The van der Waals surface area contributed by atoms with Gasteiger partial charge in [-0.2, -0.15) is 0 Å². The molecule has 1 unspecified atom stereocenters. The molecule has 22 heavy (non-hydrogen) atoms. The van der Waals surface area contributed by atoms with Gasteiger partial charge in [0.2, 0.25) is 0 Å². The van der Waals surface area contributed by atoms with E-state index < -0.39 is 11.6 Å². The van der Waals surface area contributed by atoms with Crippen molar-refractivity contribution in [1.29, 1.82) is 0 Å². The third-order valence-corrected chi connectivity index (χ3v) is 6.40. The summed E-state index contributed by atoms with van der Waals surface area (Å²) >= 11 is 3.44. The molecule has 1 aromatic heterocycles. The van der Waals surface area contributed by atoms with Crippen molar-refractivity contribution < 1.29 is 19.4 Å². The van der Waals surface area contributed by atoms with Crippen LogP contribution < -0.4 is 0 Å². The van der Waals surface area contributed by atoms with E-state index in [1.165, 1.54) is 11.3 Å². The number of fused-ring (bicyclic) bond motifs is 1. The van der Waals surface area contributed by atoms with E-state index in [0.29, 0.717) is 11.3 Å². The second kappa shape index (κ2) is 6.35. The molecule has 7 heteroatoms. The topological polar surface area (TPSA) is 66.8 Å². The van der Waals surface area contributed by atoms with Gasteiger partial charge in [0, 0.05) is 28.0 Å². The fourth-order valence-electron chi connectivity index (χ4n) is 2.48. The van der Waals surface area contributed by atoms with E-state index in [0.717, 1.165) is 26.9 Å². The fraction of sp³-hybridized carbons (Fsp3) is 0.600. The maximum Gasteiger partial charge on any atom is 0.410 e. The molecule has 0 fully saturated rings. The number of rotatable bonds is 2. The summed E-state index contributed by atoms with van der Waals surface area (Å²) in [4.78, 5) is 26.5. The number of hydrogen-bond acceptors (Lipinski definition) is 4. The molecule has 1 aliphatic carbocycles. The molecule has 5 nitrogen and oxygen atoms in total. The summed E-state index contributed by atoms with van der Waals surface area (Å²) in [7, 11) is 1.75. The molecule has 0 saturated carbocycles. The normalized spacial score (nSPS) is 17.8. The Balaban J connectivity index is 2.13. The molecule has 0 spiro atoms. The Morgan fingerprint density at radius 1 is 1.41 bits per heavy atom. The highest BCUT2D eigenvalue weighted by atomic mass is 127. The zero-order chi connectivity index (χ0) is 16.7. The Morgan fingerprint density at radius 3 is 2.59 bits per heavy atom. The largest absolute Gasteiger partial charge is 0.477 e. The SMILES string of the molecule is CN(C(=O)OC(C)(C)C)C1CCc2c(sc(C(=O)O)c2I)C1. The summed E-state index contributed by atoms with van der Waals surface area (Å²) in [6.07, 6.45) is 1.99. The van der Waals surface area contributed by atoms with Gasteiger partial charge in [0.05, 0.1) is 0 Å². The average Bonchev–Trinajstić information content (AvgIpc) is 2.73. The monoisotopic (exact) mass is 437 g/mol. The molecule has 1 heterocycles. The molecule has 122 valence electrons. The van der Waals surface area contributed by atoms with Gasteiger partial charge in [0.1, 0.15) is 10.5 Å². The minimum absolute atomic E-state index is 0.0541. The number of likely N-dealkylation sites (N-methyl/N-ethyl adjacent to an activating group) is 1. The minimum Gasteiger partial charge on any atom is -0.477 e. The molecule has 0 radical (unpaired) electrons. The maximum absolute atomic E-state index is 12.2. The van der Waals surface area contributed by atoms with E-state index in [2.05, 4.69) is 22.6 Å². The average molecular weight is 437 g/mol. The predicted molar refractivity (Wildman–Crippen MR) is 93.8 cm³/mol. The van der Waals surface area contributed by atoms with Crippen molar-refractivity contribution >= 4 is 46.0 Å². The second-order valence-electron chi connectivity index (χ2n) is 6.44. The summed E-state index contributed by atoms with van der Waals surface area (Å²) in [5.41, 5.74) is 0.622. The highest BCUT2D eigenvalue weighted by Gasteiger charge is 2.31. The van der Waals surface area contributed by atoms with Gasteiger partial charge in [-0.25, -0.2) is 9.59 Å². The van der Waals surface area contributed by atoms with Gasteiger partial charge in [-0.3, -0.25) is 0 Å². The van der Waals surface area contributed by atoms with Crippen LogP contribution in [0.1, 0.15) is 47.3 Å². The van der Waals surface area contributed by atoms with Crippen LogP contribution in [0.5, 0.6) is 0 Å². The third kappa shape index (κ3) is 3.73. The lowest BCUT2D eigenvalue weighted by atomic mass is 9.94. The first-order valence-electron chi connectivity index (χ1n) is 7.09. The first-order chi connectivity index (χ1) is 10.1. The van der Waals surface area contributed by atoms with Crippen LogP contribution in [-0.4, -0.2) is 40.8 Å². The number of halogens is 1. The van der Waals surface area contributed by atoms with Gasteiger partial charge in [0.15, 0.2) is 0 Å². The number of aromatic carboxylic acids is 1. The van der Waals surface area contributed by atoms with Crippen LogP contribution in [0.4, 0.5) is 4.79 Å². The summed E-state index contributed by atoms with van der Waals surface area (Å²) < 4.78 is 6.25. The number of carbonyl (C=O) groups excluding carboxylic acids is 1. The number of thiophene rings is 1. The van der Waals surface area contributed by atoms with Crippen LogP contribution in [-0.2, 0) is 17.6 Å². The maximum atomic E-state index is 12.2. The van der Waals surface area contributed by atoms with Crippen LogP contribution in [0.3, 0.4) is 0 Å². The molecular weight excluding hydrogens is 417 g/mol. The van der Waals surface area contributed by atoms with Crippen molar-refractivity contribution in [1.82, 2.24) is 4.90 Å². The molecule has 0 aliphatic heterocycles. The summed E-state index contributed by atoms with van der Waals surface area (Å²) in [6, 6.07) is 0.0541.